The van der Waals surface area contributed by atoms with Crippen LogP contribution in [-0.2, 0) is 6.54 Å². The Morgan fingerprint density at radius 2 is 1.64 bits per heavy atom. The Morgan fingerprint density at radius 1 is 1.06 bits per heavy atom. The minimum absolute atomic E-state index is 0.194. The maximum atomic E-state index is 13.8. The molecule has 0 radical (unpaired) electrons. The normalized spacial score (nSPS) is 13.9. The van der Waals surface area contributed by atoms with E-state index >= 15 is 0 Å². The molecule has 0 aliphatic carbocycles. The Kier molecular flexibility index (Phi) is 6.24. The number of aromatic nitrogens is 2. The second kappa shape index (κ2) is 9.11. The van der Waals surface area contributed by atoms with Crippen LogP contribution in [0.25, 0.3) is 10.9 Å². The number of fused-ring (bicyclic) bond motifs is 1. The molecule has 170 valence electrons. The molecule has 1 saturated heterocycles. The first-order valence-corrected chi connectivity index (χ1v) is 10.9. The molecule has 0 atom stereocenters. The molecule has 0 unspecified atom stereocenters. The van der Waals surface area contributed by atoms with Crippen LogP contribution in [0, 0.1) is 17.5 Å². The summed E-state index contributed by atoms with van der Waals surface area (Å²) in [7, 11) is 0. The van der Waals surface area contributed by atoms with E-state index in [4.69, 9.17) is 12.2 Å². The average Bonchev–Trinajstić information content (AvgIpc) is 2.82. The van der Waals surface area contributed by atoms with Crippen LogP contribution in [0.3, 0.4) is 0 Å². The van der Waals surface area contributed by atoms with Gasteiger partial charge in [0, 0.05) is 43.9 Å². The summed E-state index contributed by atoms with van der Waals surface area (Å²) in [5.41, 5.74) is 1.45. The molecule has 1 aliphatic heterocycles. The number of aryl methyl sites for hydroxylation is 1. The molecule has 3 aromatic rings. The number of halogens is 1. The molecule has 33 heavy (non-hydrogen) atoms. The van der Waals surface area contributed by atoms with Crippen molar-refractivity contribution in [2.75, 3.05) is 26.2 Å². The first-order valence-electron chi connectivity index (χ1n) is 10.5. The van der Waals surface area contributed by atoms with Crippen molar-refractivity contribution in [1.82, 2.24) is 19.4 Å². The van der Waals surface area contributed by atoms with Crippen molar-refractivity contribution < 1.29 is 14.0 Å². The summed E-state index contributed by atoms with van der Waals surface area (Å²) < 4.78 is 15.5. The lowest BCUT2D eigenvalue weighted by atomic mass is 10.1. The van der Waals surface area contributed by atoms with Crippen molar-refractivity contribution in [3.8, 4) is 0 Å². The molecule has 1 aliphatic rings. The maximum absolute atomic E-state index is 13.8. The third kappa shape index (κ3) is 4.36. The number of nitrogens with zero attached hydrogens (tertiary/aromatic N) is 3. The van der Waals surface area contributed by atoms with Gasteiger partial charge in [0.1, 0.15) is 5.82 Å². The van der Waals surface area contributed by atoms with E-state index in [2.05, 4.69) is 11.6 Å². The fourth-order valence-corrected chi connectivity index (χ4v) is 4.15. The molecule has 2 amide bonds. The van der Waals surface area contributed by atoms with Crippen molar-refractivity contribution in [3.63, 3.8) is 0 Å². The van der Waals surface area contributed by atoms with Gasteiger partial charge >= 0.3 is 0 Å². The van der Waals surface area contributed by atoms with Gasteiger partial charge in [-0.3, -0.25) is 19.0 Å². The lowest BCUT2D eigenvalue weighted by molar-refractivity contribution is 0.0535. The first kappa shape index (κ1) is 22.6. The minimum atomic E-state index is -0.416. The summed E-state index contributed by atoms with van der Waals surface area (Å²) >= 11 is 5.26. The zero-order valence-electron chi connectivity index (χ0n) is 18.1. The number of hydrogen-bond acceptors (Lipinski definition) is 4. The van der Waals surface area contributed by atoms with Crippen LogP contribution >= 0.6 is 12.2 Å². The molecule has 9 heteroatoms. The van der Waals surface area contributed by atoms with E-state index in [0.717, 1.165) is 0 Å². The molecule has 4 rings (SSSR count). The fraction of sp³-hybridized carbons (Fsp3) is 0.250. The topological polar surface area (TPSA) is 78.4 Å². The monoisotopic (exact) mass is 466 g/mol. The highest BCUT2D eigenvalue weighted by atomic mass is 32.1. The average molecular weight is 467 g/mol. The summed E-state index contributed by atoms with van der Waals surface area (Å²) in [6, 6.07) is 9.30. The summed E-state index contributed by atoms with van der Waals surface area (Å²) in [6.07, 6.45) is 1.59. The van der Waals surface area contributed by atoms with Gasteiger partial charge in [-0.15, -0.1) is 6.58 Å². The number of allylic oxidation sites excluding steroid dienone is 1. The summed E-state index contributed by atoms with van der Waals surface area (Å²) in [5, 5.41) is 0.433. The number of H-pyrrole nitrogens is 1. The Balaban J connectivity index is 1.49. The van der Waals surface area contributed by atoms with Gasteiger partial charge in [-0.2, -0.15) is 0 Å². The quantitative estimate of drug-likeness (QED) is 0.473. The highest BCUT2D eigenvalue weighted by Gasteiger charge is 2.26. The van der Waals surface area contributed by atoms with Crippen molar-refractivity contribution in [2.45, 2.75) is 13.5 Å². The molecule has 0 spiro atoms. The van der Waals surface area contributed by atoms with Crippen LogP contribution in [0.15, 0.2) is 53.8 Å². The predicted molar refractivity (Wildman–Crippen MR) is 127 cm³/mol. The van der Waals surface area contributed by atoms with Gasteiger partial charge in [-0.25, -0.2) is 4.39 Å². The molecule has 2 heterocycles. The number of carbonyl (C=O) groups is 2. The molecular weight excluding hydrogens is 443 g/mol. The lowest BCUT2D eigenvalue weighted by Crippen LogP contribution is -2.50. The number of carbonyl (C=O) groups excluding carboxylic acids is 2. The van der Waals surface area contributed by atoms with Gasteiger partial charge in [0.05, 0.1) is 10.9 Å². The van der Waals surface area contributed by atoms with E-state index in [1.54, 1.807) is 53.1 Å². The van der Waals surface area contributed by atoms with Crippen molar-refractivity contribution in [2.24, 2.45) is 0 Å². The van der Waals surface area contributed by atoms with Gasteiger partial charge in [0.15, 0.2) is 4.77 Å². The molecule has 0 saturated carbocycles. The first-order chi connectivity index (χ1) is 15.8. The van der Waals surface area contributed by atoms with E-state index in [0.29, 0.717) is 60.3 Å². The van der Waals surface area contributed by atoms with E-state index in [9.17, 15) is 18.8 Å². The van der Waals surface area contributed by atoms with Gasteiger partial charge in [0.25, 0.3) is 17.4 Å². The second-order valence-electron chi connectivity index (χ2n) is 7.94. The van der Waals surface area contributed by atoms with Crippen molar-refractivity contribution in [1.29, 1.82) is 0 Å². The summed E-state index contributed by atoms with van der Waals surface area (Å²) in [6.45, 7) is 6.98. The third-order valence-corrected chi connectivity index (χ3v) is 6.14. The molecule has 1 fully saturated rings. The highest BCUT2D eigenvalue weighted by Crippen LogP contribution is 2.16. The molecular formula is C24H23FN4O3S. The Hall–Kier alpha value is -3.59. The Morgan fingerprint density at radius 3 is 2.21 bits per heavy atom. The largest absolute Gasteiger partial charge is 0.335 e. The predicted octanol–water partition coefficient (Wildman–Crippen LogP) is 3.29. The Bertz CT molecular complexity index is 1390. The standard InChI is InChI=1S/C24H23FN4O3S/c1-3-8-29-23(32)18-7-6-17(14-20(18)26-24(29)33)22(31)28-11-9-27(10-12-28)21(30)16-5-4-15(2)19(25)13-16/h3-7,13-14H,1,8-12H2,2H3,(H,26,33). The number of rotatable bonds is 4. The number of piperazine rings is 1. The number of aromatic amines is 1. The number of nitrogens with one attached hydrogen (secondary N) is 1. The second-order valence-corrected chi connectivity index (χ2v) is 8.33. The van der Waals surface area contributed by atoms with E-state index in [1.807, 2.05) is 0 Å². The minimum Gasteiger partial charge on any atom is -0.335 e. The highest BCUT2D eigenvalue weighted by molar-refractivity contribution is 7.71. The van der Waals surface area contributed by atoms with Crippen LogP contribution in [0.1, 0.15) is 26.3 Å². The molecule has 1 aromatic heterocycles. The lowest BCUT2D eigenvalue weighted by Gasteiger charge is -2.35. The van der Waals surface area contributed by atoms with Crippen LogP contribution in [0.5, 0.6) is 0 Å². The van der Waals surface area contributed by atoms with Gasteiger partial charge in [-0.05, 0) is 55.0 Å². The summed E-state index contributed by atoms with van der Waals surface area (Å²) in [4.78, 5) is 44.7. The number of amides is 2. The van der Waals surface area contributed by atoms with Crippen molar-refractivity contribution in [3.05, 3.63) is 86.7 Å². The Labute approximate surface area is 194 Å². The van der Waals surface area contributed by atoms with E-state index in [-0.39, 0.29) is 22.1 Å². The molecule has 7 nitrogen and oxygen atoms in total. The van der Waals surface area contributed by atoms with E-state index in [1.165, 1.54) is 10.6 Å². The SMILES string of the molecule is C=CCn1c(=S)[nH]c2cc(C(=O)N3CCN(C(=O)c4ccc(C)c(F)c4)CC3)ccc2c1=O. The van der Waals surface area contributed by atoms with Crippen LogP contribution in [0.4, 0.5) is 4.39 Å². The zero-order chi connectivity index (χ0) is 23.7. The van der Waals surface area contributed by atoms with Crippen LogP contribution in [-0.4, -0.2) is 57.3 Å². The molecule has 0 bridgehead atoms. The van der Waals surface area contributed by atoms with Gasteiger partial charge in [-0.1, -0.05) is 12.1 Å². The molecule has 2 aromatic carbocycles. The van der Waals surface area contributed by atoms with Crippen LogP contribution < -0.4 is 5.56 Å². The van der Waals surface area contributed by atoms with Crippen molar-refractivity contribution >= 4 is 34.9 Å². The smallest absolute Gasteiger partial charge is 0.262 e. The van der Waals surface area contributed by atoms with Crippen LogP contribution in [0.2, 0.25) is 0 Å². The number of benzene rings is 2. The number of hydrogen-bond donors (Lipinski definition) is 1. The molecule has 1 N–H and O–H groups in total. The van der Waals surface area contributed by atoms with E-state index < -0.39 is 5.82 Å². The fourth-order valence-electron chi connectivity index (χ4n) is 3.89. The van der Waals surface area contributed by atoms with Gasteiger partial charge in [0.2, 0.25) is 0 Å². The summed E-state index contributed by atoms with van der Waals surface area (Å²) in [5.74, 6) is -0.865. The zero-order valence-corrected chi connectivity index (χ0v) is 19.0. The third-order valence-electron chi connectivity index (χ3n) is 5.81. The van der Waals surface area contributed by atoms with Gasteiger partial charge < -0.3 is 14.8 Å². The maximum Gasteiger partial charge on any atom is 0.262 e.